The molecule has 0 radical (unpaired) electrons. The van der Waals surface area contributed by atoms with E-state index in [1.807, 2.05) is 6.92 Å². The van der Waals surface area contributed by atoms with Crippen LogP contribution in [-0.2, 0) is 0 Å². The van der Waals surface area contributed by atoms with E-state index < -0.39 is 0 Å². The molecule has 0 amide bonds. The monoisotopic (exact) mass is 308 g/mol. The van der Waals surface area contributed by atoms with Gasteiger partial charge in [0.25, 0.3) is 0 Å². The molecule has 1 saturated carbocycles. The fourth-order valence-electron chi connectivity index (χ4n) is 2.95. The predicted molar refractivity (Wildman–Crippen MR) is 87.1 cm³/mol. The zero-order valence-electron chi connectivity index (χ0n) is 13.0. The Morgan fingerprint density at radius 3 is 2.57 bits per heavy atom. The minimum absolute atomic E-state index is 0.539. The minimum Gasteiger partial charge on any atom is -0.370 e. The van der Waals surface area contributed by atoms with Crippen molar-refractivity contribution in [2.45, 2.75) is 44.9 Å². The number of anilines is 1. The van der Waals surface area contributed by atoms with Crippen molar-refractivity contribution in [3.63, 3.8) is 0 Å². The lowest BCUT2D eigenvalue weighted by atomic mass is 9.94. The molecule has 0 aromatic carbocycles. The van der Waals surface area contributed by atoms with Gasteiger partial charge in [0.1, 0.15) is 16.8 Å². The second-order valence-electron chi connectivity index (χ2n) is 6.58. The summed E-state index contributed by atoms with van der Waals surface area (Å²) >= 11 is 6.24. The molecule has 1 aliphatic heterocycles. The molecule has 0 bridgehead atoms. The molecule has 1 aromatic heterocycles. The summed E-state index contributed by atoms with van der Waals surface area (Å²) in [5.41, 5.74) is 0.976. The molecule has 2 aliphatic rings. The van der Waals surface area contributed by atoms with E-state index in [1.54, 1.807) is 0 Å². The first kappa shape index (κ1) is 15.0. The van der Waals surface area contributed by atoms with Crippen molar-refractivity contribution in [1.29, 1.82) is 0 Å². The quantitative estimate of drug-likeness (QED) is 0.846. The number of hydrogen-bond donors (Lipinski definition) is 1. The summed E-state index contributed by atoms with van der Waals surface area (Å²) in [7, 11) is 2.21. The molecular weight excluding hydrogens is 284 g/mol. The highest BCUT2D eigenvalue weighted by atomic mass is 35.5. The molecule has 2 fully saturated rings. The van der Waals surface area contributed by atoms with Gasteiger partial charge in [-0.25, -0.2) is 9.97 Å². The summed E-state index contributed by atoms with van der Waals surface area (Å²) in [5.74, 6) is 3.24. The van der Waals surface area contributed by atoms with Gasteiger partial charge in [0.2, 0.25) is 0 Å². The topological polar surface area (TPSA) is 41.1 Å². The van der Waals surface area contributed by atoms with Crippen LogP contribution in [0.5, 0.6) is 0 Å². The van der Waals surface area contributed by atoms with Gasteiger partial charge in [-0.05, 0) is 65.1 Å². The van der Waals surface area contributed by atoms with Crippen LogP contribution in [0.2, 0.25) is 5.15 Å². The first-order chi connectivity index (χ1) is 10.1. The average Bonchev–Trinajstić information content (AvgIpc) is 3.30. The van der Waals surface area contributed by atoms with Gasteiger partial charge >= 0.3 is 0 Å². The Morgan fingerprint density at radius 2 is 1.90 bits per heavy atom. The smallest absolute Gasteiger partial charge is 0.137 e. The van der Waals surface area contributed by atoms with Crippen molar-refractivity contribution in [3.8, 4) is 0 Å². The molecule has 0 atom stereocenters. The summed E-state index contributed by atoms with van der Waals surface area (Å²) in [4.78, 5) is 11.5. The maximum atomic E-state index is 6.24. The molecule has 5 heteroatoms. The summed E-state index contributed by atoms with van der Waals surface area (Å²) in [6.45, 7) is 5.44. The Kier molecular flexibility index (Phi) is 4.65. The van der Waals surface area contributed by atoms with Gasteiger partial charge in [-0.15, -0.1) is 0 Å². The van der Waals surface area contributed by atoms with Crippen LogP contribution < -0.4 is 5.32 Å². The predicted octanol–water partition coefficient (Wildman–Crippen LogP) is 3.46. The first-order valence-electron chi connectivity index (χ1n) is 8.10. The van der Waals surface area contributed by atoms with Crippen LogP contribution in [0.3, 0.4) is 0 Å². The Hall–Kier alpha value is -0.870. The summed E-state index contributed by atoms with van der Waals surface area (Å²) in [6, 6.07) is 0. The Bertz CT molecular complexity index is 493. The van der Waals surface area contributed by atoms with E-state index in [4.69, 9.17) is 11.6 Å². The van der Waals surface area contributed by atoms with E-state index >= 15 is 0 Å². The Labute approximate surface area is 132 Å². The zero-order chi connectivity index (χ0) is 14.8. The Morgan fingerprint density at radius 1 is 1.19 bits per heavy atom. The van der Waals surface area contributed by atoms with Crippen LogP contribution in [-0.4, -0.2) is 41.5 Å². The van der Waals surface area contributed by atoms with E-state index in [2.05, 4.69) is 27.2 Å². The van der Waals surface area contributed by atoms with Crippen LogP contribution >= 0.6 is 11.6 Å². The van der Waals surface area contributed by atoms with Crippen molar-refractivity contribution >= 4 is 17.4 Å². The van der Waals surface area contributed by atoms with Crippen LogP contribution in [0.4, 0.5) is 5.82 Å². The molecule has 1 aromatic rings. The third kappa shape index (κ3) is 3.86. The average molecular weight is 309 g/mol. The van der Waals surface area contributed by atoms with Crippen LogP contribution in [0.25, 0.3) is 0 Å². The lowest BCUT2D eigenvalue weighted by Crippen LogP contribution is -2.30. The van der Waals surface area contributed by atoms with Crippen molar-refractivity contribution in [2.75, 3.05) is 32.0 Å². The largest absolute Gasteiger partial charge is 0.370 e. The highest BCUT2D eigenvalue weighted by Gasteiger charge is 2.28. The molecular formula is C16H25ClN4. The second-order valence-corrected chi connectivity index (χ2v) is 6.94. The summed E-state index contributed by atoms with van der Waals surface area (Å²) in [5, 5.41) is 4.09. The van der Waals surface area contributed by atoms with Crippen LogP contribution in [0.1, 0.15) is 49.4 Å². The third-order valence-corrected chi connectivity index (χ3v) is 5.10. The van der Waals surface area contributed by atoms with E-state index in [1.165, 1.54) is 45.2 Å². The molecule has 2 heterocycles. The van der Waals surface area contributed by atoms with E-state index in [0.29, 0.717) is 11.1 Å². The minimum atomic E-state index is 0.539. The van der Waals surface area contributed by atoms with Gasteiger partial charge in [-0.1, -0.05) is 11.6 Å². The van der Waals surface area contributed by atoms with Gasteiger partial charge in [0.15, 0.2) is 0 Å². The maximum absolute atomic E-state index is 6.24. The number of hydrogen-bond acceptors (Lipinski definition) is 4. The summed E-state index contributed by atoms with van der Waals surface area (Å²) < 4.78 is 0. The van der Waals surface area contributed by atoms with E-state index in [0.717, 1.165) is 29.7 Å². The van der Waals surface area contributed by atoms with Gasteiger partial charge in [-0.2, -0.15) is 0 Å². The van der Waals surface area contributed by atoms with Crippen molar-refractivity contribution in [1.82, 2.24) is 14.9 Å². The van der Waals surface area contributed by atoms with Crippen LogP contribution in [0.15, 0.2) is 0 Å². The van der Waals surface area contributed by atoms with Gasteiger partial charge in [0, 0.05) is 18.0 Å². The molecule has 4 nitrogen and oxygen atoms in total. The fraction of sp³-hybridized carbons (Fsp3) is 0.750. The molecule has 21 heavy (non-hydrogen) atoms. The number of piperidine rings is 1. The SMILES string of the molecule is Cc1c(Cl)nc(C2CC2)nc1NCCC1CCN(C)CC1. The normalized spacial score (nSPS) is 20.7. The third-order valence-electron chi connectivity index (χ3n) is 4.73. The highest BCUT2D eigenvalue weighted by molar-refractivity contribution is 6.30. The van der Waals surface area contributed by atoms with Crippen molar-refractivity contribution in [3.05, 3.63) is 16.5 Å². The number of likely N-dealkylation sites (tertiary alicyclic amines) is 1. The molecule has 1 saturated heterocycles. The molecule has 0 spiro atoms. The number of aromatic nitrogens is 2. The second kappa shape index (κ2) is 6.49. The Balaban J connectivity index is 1.55. The van der Waals surface area contributed by atoms with Gasteiger partial charge in [-0.3, -0.25) is 0 Å². The maximum Gasteiger partial charge on any atom is 0.137 e. The van der Waals surface area contributed by atoms with Gasteiger partial charge in [0.05, 0.1) is 0 Å². The lowest BCUT2D eigenvalue weighted by Gasteiger charge is -2.29. The molecule has 116 valence electrons. The number of nitrogens with zero attached hydrogens (tertiary/aromatic N) is 3. The zero-order valence-corrected chi connectivity index (χ0v) is 13.8. The number of nitrogens with one attached hydrogen (secondary N) is 1. The number of rotatable bonds is 5. The van der Waals surface area contributed by atoms with Crippen molar-refractivity contribution in [2.24, 2.45) is 5.92 Å². The molecule has 1 aliphatic carbocycles. The standard InChI is InChI=1S/C16H25ClN4/c1-11-14(17)19-16(13-3-4-13)20-15(11)18-8-5-12-6-9-21(2)10-7-12/h12-13H,3-10H2,1-2H3,(H,18,19,20). The number of halogens is 1. The van der Waals surface area contributed by atoms with Crippen molar-refractivity contribution < 1.29 is 0 Å². The fourth-order valence-corrected chi connectivity index (χ4v) is 3.12. The first-order valence-corrected chi connectivity index (χ1v) is 8.47. The molecule has 3 rings (SSSR count). The lowest BCUT2D eigenvalue weighted by molar-refractivity contribution is 0.215. The molecule has 1 N–H and O–H groups in total. The highest BCUT2D eigenvalue weighted by Crippen LogP contribution is 2.39. The summed E-state index contributed by atoms with van der Waals surface area (Å²) in [6.07, 6.45) is 6.25. The van der Waals surface area contributed by atoms with E-state index in [-0.39, 0.29) is 0 Å². The van der Waals surface area contributed by atoms with E-state index in [9.17, 15) is 0 Å². The molecule has 0 unspecified atom stereocenters. The van der Waals surface area contributed by atoms with Crippen LogP contribution in [0, 0.1) is 12.8 Å². The van der Waals surface area contributed by atoms with Gasteiger partial charge < -0.3 is 10.2 Å².